The summed E-state index contributed by atoms with van der Waals surface area (Å²) in [6.45, 7) is 0.717. The van der Waals surface area contributed by atoms with Crippen LogP contribution in [0, 0.1) is 0 Å². The van der Waals surface area contributed by atoms with Crippen molar-refractivity contribution in [2.24, 2.45) is 10.8 Å². The summed E-state index contributed by atoms with van der Waals surface area (Å²) in [5.74, 6) is -0.199. The van der Waals surface area contributed by atoms with Gasteiger partial charge in [-0.15, -0.1) is 0 Å². The van der Waals surface area contributed by atoms with E-state index in [9.17, 15) is 19.5 Å². The summed E-state index contributed by atoms with van der Waals surface area (Å²) in [5, 5.41) is 15.7. The van der Waals surface area contributed by atoms with Gasteiger partial charge in [-0.3, -0.25) is 19.1 Å². The second-order valence-corrected chi connectivity index (χ2v) is 6.49. The van der Waals surface area contributed by atoms with Gasteiger partial charge in [0.05, 0.1) is 18.8 Å². The quantitative estimate of drug-likeness (QED) is 0.175. The van der Waals surface area contributed by atoms with Gasteiger partial charge in [0.2, 0.25) is 5.91 Å². The maximum atomic E-state index is 12.2. The number of rotatable bonds is 10. The van der Waals surface area contributed by atoms with Crippen LogP contribution >= 0.6 is 0 Å². The van der Waals surface area contributed by atoms with Gasteiger partial charge in [-0.25, -0.2) is 4.79 Å². The third kappa shape index (κ3) is 5.67. The molecule has 0 spiro atoms. The highest BCUT2D eigenvalue weighted by Gasteiger charge is 2.35. The minimum atomic E-state index is -0.791. The number of hydrogen-bond acceptors (Lipinski definition) is 7. The van der Waals surface area contributed by atoms with Crippen molar-refractivity contribution >= 4 is 5.91 Å². The van der Waals surface area contributed by atoms with E-state index in [1.54, 1.807) is 0 Å². The standard InChI is InChI=1S/C16H25N7O5/c17-5-1-2-6-19-13(25)4-3-10-8-23(16(27)20-15(10)26)14-7-11(21-22-18)12(9-24)28-14/h8,11-12,14,24H,1-7,9,17H2,(H,19,25)(H,20,26,27). The van der Waals surface area contributed by atoms with Gasteiger partial charge in [0.15, 0.2) is 0 Å². The van der Waals surface area contributed by atoms with Crippen LogP contribution in [0.15, 0.2) is 20.9 Å². The third-order valence-corrected chi connectivity index (χ3v) is 4.51. The number of nitrogens with zero attached hydrogens (tertiary/aromatic N) is 4. The van der Waals surface area contributed by atoms with Crippen LogP contribution in [0.2, 0.25) is 0 Å². The Kier molecular flexibility index (Phi) is 8.20. The van der Waals surface area contributed by atoms with E-state index in [0.29, 0.717) is 13.1 Å². The molecule has 3 unspecified atom stereocenters. The van der Waals surface area contributed by atoms with E-state index in [0.717, 1.165) is 12.8 Å². The number of nitrogens with two attached hydrogens (primary N) is 1. The summed E-state index contributed by atoms with van der Waals surface area (Å²) < 4.78 is 6.76. The molecule has 1 fully saturated rings. The normalized spacial score (nSPS) is 21.3. The summed E-state index contributed by atoms with van der Waals surface area (Å²) in [5.41, 5.74) is 13.0. The first kappa shape index (κ1) is 21.6. The number of amides is 1. The molecule has 12 nitrogen and oxygen atoms in total. The zero-order valence-electron chi connectivity index (χ0n) is 15.4. The fourth-order valence-corrected chi connectivity index (χ4v) is 2.99. The van der Waals surface area contributed by atoms with Crippen molar-refractivity contribution in [2.75, 3.05) is 19.7 Å². The molecule has 1 amide bonds. The minimum absolute atomic E-state index is 0.0933. The van der Waals surface area contributed by atoms with Crippen molar-refractivity contribution in [1.29, 1.82) is 0 Å². The van der Waals surface area contributed by atoms with Crippen LogP contribution in [-0.4, -0.2) is 52.4 Å². The number of ether oxygens (including phenoxy) is 1. The van der Waals surface area contributed by atoms with Crippen molar-refractivity contribution in [3.8, 4) is 0 Å². The molecule has 0 aliphatic carbocycles. The Morgan fingerprint density at radius 2 is 2.29 bits per heavy atom. The molecule has 2 rings (SSSR count). The van der Waals surface area contributed by atoms with E-state index in [1.165, 1.54) is 10.8 Å². The first-order chi connectivity index (χ1) is 13.5. The molecule has 3 atom stereocenters. The van der Waals surface area contributed by atoms with Gasteiger partial charge >= 0.3 is 5.69 Å². The number of aliphatic hydroxyl groups is 1. The van der Waals surface area contributed by atoms with Gasteiger partial charge < -0.3 is 20.9 Å². The highest BCUT2D eigenvalue weighted by atomic mass is 16.5. The van der Waals surface area contributed by atoms with Gasteiger partial charge in [-0.2, -0.15) is 0 Å². The lowest BCUT2D eigenvalue weighted by Crippen LogP contribution is -2.35. The summed E-state index contributed by atoms with van der Waals surface area (Å²) in [4.78, 5) is 41.0. The second-order valence-electron chi connectivity index (χ2n) is 6.49. The molecule has 154 valence electrons. The number of H-pyrrole nitrogens is 1. The number of nitrogens with one attached hydrogen (secondary N) is 2. The molecule has 0 bridgehead atoms. The molecule has 1 saturated heterocycles. The van der Waals surface area contributed by atoms with E-state index >= 15 is 0 Å². The van der Waals surface area contributed by atoms with Crippen LogP contribution in [0.1, 0.15) is 37.5 Å². The average Bonchev–Trinajstić information content (AvgIpc) is 3.07. The SMILES string of the molecule is [N-]=[N+]=NC1CC(n2cc(CCC(=O)NCCCCN)c(=O)[nH]c2=O)OC1CO. The molecular formula is C16H25N7O5. The topological polar surface area (TPSA) is 188 Å². The predicted octanol–water partition coefficient (Wildman–Crippen LogP) is -0.717. The van der Waals surface area contributed by atoms with Crippen molar-refractivity contribution in [1.82, 2.24) is 14.9 Å². The van der Waals surface area contributed by atoms with E-state index in [-0.39, 0.29) is 37.3 Å². The van der Waals surface area contributed by atoms with Crippen molar-refractivity contribution in [3.63, 3.8) is 0 Å². The molecule has 0 aromatic carbocycles. The number of carbonyl (C=O) groups excluding carboxylic acids is 1. The van der Waals surface area contributed by atoms with Crippen molar-refractivity contribution < 1.29 is 14.6 Å². The lowest BCUT2D eigenvalue weighted by molar-refractivity contribution is -0.121. The molecular weight excluding hydrogens is 370 g/mol. The molecule has 1 aliphatic heterocycles. The molecule has 0 saturated carbocycles. The van der Waals surface area contributed by atoms with Crippen LogP contribution in [0.25, 0.3) is 10.4 Å². The van der Waals surface area contributed by atoms with Gasteiger partial charge in [0.1, 0.15) is 6.23 Å². The Morgan fingerprint density at radius 1 is 1.50 bits per heavy atom. The fraction of sp³-hybridized carbons (Fsp3) is 0.688. The van der Waals surface area contributed by atoms with Crippen LogP contribution in [0.5, 0.6) is 0 Å². The predicted molar refractivity (Wildman–Crippen MR) is 99.5 cm³/mol. The van der Waals surface area contributed by atoms with E-state index in [4.69, 9.17) is 16.0 Å². The van der Waals surface area contributed by atoms with Gasteiger partial charge in [0.25, 0.3) is 5.56 Å². The number of aliphatic hydroxyl groups excluding tert-OH is 1. The first-order valence-electron chi connectivity index (χ1n) is 9.11. The number of azide groups is 1. The summed E-state index contributed by atoms with van der Waals surface area (Å²) in [6, 6.07) is -0.624. The Morgan fingerprint density at radius 3 is 2.96 bits per heavy atom. The zero-order chi connectivity index (χ0) is 20.5. The molecule has 1 aromatic rings. The Balaban J connectivity index is 2.06. The van der Waals surface area contributed by atoms with E-state index in [2.05, 4.69) is 20.3 Å². The van der Waals surface area contributed by atoms with Crippen LogP contribution in [0.4, 0.5) is 0 Å². The van der Waals surface area contributed by atoms with Crippen LogP contribution < -0.4 is 22.3 Å². The Bertz CT molecular complexity index is 829. The van der Waals surface area contributed by atoms with E-state index < -0.39 is 29.6 Å². The van der Waals surface area contributed by atoms with E-state index in [1.807, 2.05) is 0 Å². The summed E-state index contributed by atoms with van der Waals surface area (Å²) >= 11 is 0. The monoisotopic (exact) mass is 395 g/mol. The Labute approximate surface area is 160 Å². The number of unbranched alkanes of at least 4 members (excludes halogenated alkanes) is 1. The van der Waals surface area contributed by atoms with Gasteiger partial charge in [-0.1, -0.05) is 5.11 Å². The summed E-state index contributed by atoms with van der Waals surface area (Å²) in [7, 11) is 0. The maximum Gasteiger partial charge on any atom is 0.330 e. The third-order valence-electron chi connectivity index (χ3n) is 4.51. The lowest BCUT2D eigenvalue weighted by atomic mass is 10.1. The van der Waals surface area contributed by atoms with Crippen molar-refractivity contribution in [2.45, 2.75) is 50.5 Å². The average molecular weight is 395 g/mol. The maximum absolute atomic E-state index is 12.2. The largest absolute Gasteiger partial charge is 0.394 e. The number of carbonyl (C=O) groups is 1. The minimum Gasteiger partial charge on any atom is -0.394 e. The van der Waals surface area contributed by atoms with Crippen LogP contribution in [0.3, 0.4) is 0 Å². The number of aromatic nitrogens is 2. The first-order valence-corrected chi connectivity index (χ1v) is 9.11. The number of aromatic amines is 1. The van der Waals surface area contributed by atoms with Crippen molar-refractivity contribution in [3.05, 3.63) is 43.0 Å². The Hall–Kier alpha value is -2.66. The zero-order valence-corrected chi connectivity index (χ0v) is 15.4. The van der Waals surface area contributed by atoms with Gasteiger partial charge in [0, 0.05) is 36.1 Å². The molecule has 0 radical (unpaired) electrons. The van der Waals surface area contributed by atoms with Crippen LogP contribution in [-0.2, 0) is 16.0 Å². The molecule has 1 aromatic heterocycles. The highest BCUT2D eigenvalue weighted by Crippen LogP contribution is 2.29. The number of hydrogen-bond donors (Lipinski definition) is 4. The molecule has 1 aliphatic rings. The molecule has 2 heterocycles. The molecule has 5 N–H and O–H groups in total. The smallest absolute Gasteiger partial charge is 0.330 e. The highest BCUT2D eigenvalue weighted by molar-refractivity contribution is 5.76. The molecule has 28 heavy (non-hydrogen) atoms. The van der Waals surface area contributed by atoms with Gasteiger partial charge in [-0.05, 0) is 31.3 Å². The summed E-state index contributed by atoms with van der Waals surface area (Å²) in [6.07, 6.45) is 1.85. The fourth-order valence-electron chi connectivity index (χ4n) is 2.99. The second kappa shape index (κ2) is 10.6. The molecule has 12 heteroatoms. The number of aryl methyl sites for hydroxylation is 1. The lowest BCUT2D eigenvalue weighted by Gasteiger charge is -2.15.